The lowest BCUT2D eigenvalue weighted by atomic mass is 10.2. The lowest BCUT2D eigenvalue weighted by molar-refractivity contribution is -0.114. The number of halogens is 1. The van der Waals surface area contributed by atoms with Crippen molar-refractivity contribution in [3.05, 3.63) is 59.2 Å². The van der Waals surface area contributed by atoms with E-state index in [1.54, 1.807) is 12.1 Å². The maximum atomic E-state index is 11.1. The zero-order valence-corrected chi connectivity index (χ0v) is 15.0. The zero-order chi connectivity index (χ0) is 18.5. The number of hydrogen-bond acceptors (Lipinski definition) is 6. The minimum atomic E-state index is -0.117. The number of aromatic nitrogens is 3. The molecule has 26 heavy (non-hydrogen) atoms. The molecule has 0 fully saturated rings. The summed E-state index contributed by atoms with van der Waals surface area (Å²) in [5.74, 6) is 0.776. The van der Waals surface area contributed by atoms with E-state index < -0.39 is 0 Å². The van der Waals surface area contributed by atoms with Gasteiger partial charge >= 0.3 is 0 Å². The van der Waals surface area contributed by atoms with E-state index in [2.05, 4.69) is 31.1 Å². The smallest absolute Gasteiger partial charge is 0.249 e. The molecule has 0 aliphatic carbocycles. The van der Waals surface area contributed by atoms with Crippen molar-refractivity contribution in [3.63, 3.8) is 0 Å². The molecule has 0 radical (unpaired) electrons. The molecule has 0 unspecified atom stereocenters. The fourth-order valence-electron chi connectivity index (χ4n) is 2.27. The van der Waals surface area contributed by atoms with Gasteiger partial charge in [0, 0.05) is 29.0 Å². The summed E-state index contributed by atoms with van der Waals surface area (Å²) in [6.45, 7) is 3.39. The highest BCUT2D eigenvalue weighted by Gasteiger charge is 2.06. The Kier molecular flexibility index (Phi) is 5.28. The molecule has 3 rings (SSSR count). The minimum Gasteiger partial charge on any atom is -0.339 e. The van der Waals surface area contributed by atoms with Gasteiger partial charge in [0.1, 0.15) is 0 Å². The zero-order valence-electron chi connectivity index (χ0n) is 14.2. The average molecular weight is 369 g/mol. The Bertz CT molecular complexity index is 929. The van der Waals surface area contributed by atoms with E-state index in [-0.39, 0.29) is 5.91 Å². The van der Waals surface area contributed by atoms with Gasteiger partial charge in [-0.15, -0.1) is 5.10 Å². The van der Waals surface area contributed by atoms with Crippen LogP contribution >= 0.6 is 11.6 Å². The highest BCUT2D eigenvalue weighted by atomic mass is 35.5. The first-order valence-corrected chi connectivity index (χ1v) is 8.25. The summed E-state index contributed by atoms with van der Waals surface area (Å²) in [7, 11) is 0. The van der Waals surface area contributed by atoms with Gasteiger partial charge in [0.15, 0.2) is 5.82 Å². The molecular formula is C18H17ClN6O. The van der Waals surface area contributed by atoms with Gasteiger partial charge in [0.2, 0.25) is 11.9 Å². The number of anilines is 5. The van der Waals surface area contributed by atoms with Crippen LogP contribution in [0.3, 0.4) is 0 Å². The van der Waals surface area contributed by atoms with Gasteiger partial charge in [-0.05, 0) is 48.9 Å². The van der Waals surface area contributed by atoms with Gasteiger partial charge < -0.3 is 16.0 Å². The molecular weight excluding hydrogens is 352 g/mol. The van der Waals surface area contributed by atoms with E-state index in [0.29, 0.717) is 22.5 Å². The van der Waals surface area contributed by atoms with Crippen LogP contribution in [0.4, 0.5) is 28.8 Å². The quantitative estimate of drug-likeness (QED) is 0.622. The number of rotatable bonds is 5. The van der Waals surface area contributed by atoms with Crippen molar-refractivity contribution in [2.75, 3.05) is 16.0 Å². The number of nitrogens with zero attached hydrogens (tertiary/aromatic N) is 3. The Labute approximate surface area is 155 Å². The second-order valence-corrected chi connectivity index (χ2v) is 5.99. The van der Waals surface area contributed by atoms with Gasteiger partial charge in [0.25, 0.3) is 0 Å². The number of hydrogen-bond donors (Lipinski definition) is 3. The van der Waals surface area contributed by atoms with Crippen LogP contribution in [-0.4, -0.2) is 21.1 Å². The van der Waals surface area contributed by atoms with Crippen molar-refractivity contribution < 1.29 is 4.79 Å². The second-order valence-electron chi connectivity index (χ2n) is 5.59. The third-order valence-corrected chi connectivity index (χ3v) is 3.96. The molecule has 2 aromatic carbocycles. The van der Waals surface area contributed by atoms with Crippen molar-refractivity contribution in [1.29, 1.82) is 0 Å². The number of carbonyl (C=O) groups excluding carboxylic acids is 1. The van der Waals surface area contributed by atoms with Crippen LogP contribution in [0.5, 0.6) is 0 Å². The van der Waals surface area contributed by atoms with Crippen molar-refractivity contribution in [3.8, 4) is 0 Å². The molecule has 0 aliphatic rings. The topological polar surface area (TPSA) is 91.8 Å². The molecule has 8 heteroatoms. The molecule has 7 nitrogen and oxygen atoms in total. The Morgan fingerprint density at radius 3 is 2.50 bits per heavy atom. The fraction of sp³-hybridized carbons (Fsp3) is 0.111. The van der Waals surface area contributed by atoms with Crippen molar-refractivity contribution in [1.82, 2.24) is 15.2 Å². The molecule has 0 atom stereocenters. The molecule has 0 bridgehead atoms. The number of nitrogens with one attached hydrogen (secondary N) is 3. The fourth-order valence-corrected chi connectivity index (χ4v) is 2.44. The van der Waals surface area contributed by atoms with Gasteiger partial charge in [-0.25, -0.2) is 0 Å². The standard InChI is InChI=1S/C18H17ClN6O/c1-11-15(19)4-3-5-16(11)23-17-10-20-25-18(24-17)22-14-8-6-13(7-9-14)21-12(2)26/h3-10H,1-2H3,(H,21,26)(H2,22,23,24,25). The van der Waals surface area contributed by atoms with Crippen LogP contribution in [0.1, 0.15) is 12.5 Å². The number of amides is 1. The van der Waals surface area contributed by atoms with Crippen molar-refractivity contribution >= 4 is 46.3 Å². The molecule has 0 spiro atoms. The predicted octanol–water partition coefficient (Wildman–Crippen LogP) is 4.28. The van der Waals surface area contributed by atoms with E-state index in [1.807, 2.05) is 37.3 Å². The Morgan fingerprint density at radius 2 is 1.77 bits per heavy atom. The van der Waals surface area contributed by atoms with Crippen molar-refractivity contribution in [2.24, 2.45) is 0 Å². The predicted molar refractivity (Wildman–Crippen MR) is 103 cm³/mol. The monoisotopic (exact) mass is 368 g/mol. The average Bonchev–Trinajstić information content (AvgIpc) is 2.61. The number of carbonyl (C=O) groups is 1. The van der Waals surface area contributed by atoms with E-state index in [9.17, 15) is 4.79 Å². The van der Waals surface area contributed by atoms with Crippen molar-refractivity contribution in [2.45, 2.75) is 13.8 Å². The summed E-state index contributed by atoms with van der Waals surface area (Å²) < 4.78 is 0. The van der Waals surface area contributed by atoms with Gasteiger partial charge in [-0.1, -0.05) is 17.7 Å². The molecule has 1 amide bonds. The SMILES string of the molecule is CC(=O)Nc1ccc(Nc2nncc(Nc3cccc(Cl)c3C)n2)cc1. The molecule has 1 aromatic heterocycles. The molecule has 3 aromatic rings. The Hall–Kier alpha value is -3.19. The maximum absolute atomic E-state index is 11.1. The number of benzene rings is 2. The first-order valence-electron chi connectivity index (χ1n) is 7.88. The molecule has 132 valence electrons. The summed E-state index contributed by atoms with van der Waals surface area (Å²) in [4.78, 5) is 15.4. The summed E-state index contributed by atoms with van der Waals surface area (Å²) >= 11 is 6.14. The third-order valence-electron chi connectivity index (χ3n) is 3.55. The van der Waals surface area contributed by atoms with E-state index in [0.717, 1.165) is 16.9 Å². The van der Waals surface area contributed by atoms with Crippen LogP contribution in [0.15, 0.2) is 48.7 Å². The highest BCUT2D eigenvalue weighted by Crippen LogP contribution is 2.25. The molecule has 0 saturated heterocycles. The molecule has 1 heterocycles. The lowest BCUT2D eigenvalue weighted by Gasteiger charge is -2.11. The summed E-state index contributed by atoms with van der Waals surface area (Å²) in [6.07, 6.45) is 1.53. The highest BCUT2D eigenvalue weighted by molar-refractivity contribution is 6.31. The van der Waals surface area contributed by atoms with Gasteiger partial charge in [-0.3, -0.25) is 4.79 Å². The summed E-state index contributed by atoms with van der Waals surface area (Å²) in [6, 6.07) is 12.8. The second kappa shape index (κ2) is 7.79. The Balaban J connectivity index is 1.73. The van der Waals surface area contributed by atoms with Gasteiger partial charge in [0.05, 0.1) is 6.20 Å². The van der Waals surface area contributed by atoms with Crippen LogP contribution in [-0.2, 0) is 4.79 Å². The minimum absolute atomic E-state index is 0.117. The largest absolute Gasteiger partial charge is 0.339 e. The molecule has 3 N–H and O–H groups in total. The third kappa shape index (κ3) is 4.46. The summed E-state index contributed by atoms with van der Waals surface area (Å²) in [5, 5.41) is 17.6. The van der Waals surface area contributed by atoms with E-state index >= 15 is 0 Å². The maximum Gasteiger partial charge on any atom is 0.249 e. The normalized spacial score (nSPS) is 10.3. The van der Waals surface area contributed by atoms with Crippen LogP contribution in [0.25, 0.3) is 0 Å². The van der Waals surface area contributed by atoms with Crippen LogP contribution < -0.4 is 16.0 Å². The molecule has 0 aliphatic heterocycles. The van der Waals surface area contributed by atoms with E-state index in [1.165, 1.54) is 13.1 Å². The van der Waals surface area contributed by atoms with Crippen LogP contribution in [0.2, 0.25) is 5.02 Å². The first-order chi connectivity index (χ1) is 12.5. The van der Waals surface area contributed by atoms with Gasteiger partial charge in [-0.2, -0.15) is 10.1 Å². The first kappa shape index (κ1) is 17.6. The van der Waals surface area contributed by atoms with E-state index in [4.69, 9.17) is 11.6 Å². The Morgan fingerprint density at radius 1 is 1.04 bits per heavy atom. The summed E-state index contributed by atoms with van der Waals surface area (Å²) in [5.41, 5.74) is 3.27. The lowest BCUT2D eigenvalue weighted by Crippen LogP contribution is -2.06. The molecule has 0 saturated carbocycles. The van der Waals surface area contributed by atoms with Crippen LogP contribution in [0, 0.1) is 6.92 Å².